The van der Waals surface area contributed by atoms with E-state index in [0.717, 1.165) is 11.1 Å². The van der Waals surface area contributed by atoms with Crippen LogP contribution in [0.4, 0.5) is 5.69 Å². The van der Waals surface area contributed by atoms with Crippen LogP contribution in [0.2, 0.25) is 0 Å². The summed E-state index contributed by atoms with van der Waals surface area (Å²) in [6.45, 7) is 9.12. The van der Waals surface area contributed by atoms with Crippen molar-refractivity contribution in [2.45, 2.75) is 52.7 Å². The Morgan fingerprint density at radius 2 is 1.76 bits per heavy atom. The first kappa shape index (κ1) is 26.6. The van der Waals surface area contributed by atoms with Crippen molar-refractivity contribution in [2.24, 2.45) is 0 Å². The normalized spacial score (nSPS) is 12.2. The first-order valence-corrected chi connectivity index (χ1v) is 12.2. The maximum atomic E-state index is 14.0. The van der Waals surface area contributed by atoms with E-state index in [1.54, 1.807) is 43.3 Å². The summed E-state index contributed by atoms with van der Waals surface area (Å²) in [6.07, 6.45) is 0. The molecule has 0 radical (unpaired) electrons. The summed E-state index contributed by atoms with van der Waals surface area (Å²) < 4.78 is 11.4. The molecule has 0 aliphatic rings. The van der Waals surface area contributed by atoms with E-state index in [9.17, 15) is 9.59 Å². The van der Waals surface area contributed by atoms with Gasteiger partial charge >= 0.3 is 0 Å². The Morgan fingerprint density at radius 3 is 2.39 bits per heavy atom. The van der Waals surface area contributed by atoms with E-state index in [1.807, 2.05) is 52.0 Å². The Balaban J connectivity index is 1.76. The Hall–Kier alpha value is -4.47. The number of carbonyl (C=O) groups excluding carboxylic acids is 2. The number of aromatic nitrogens is 4. The molecule has 0 bridgehead atoms. The highest BCUT2D eigenvalue weighted by Crippen LogP contribution is 2.36. The largest absolute Gasteiger partial charge is 0.495 e. The summed E-state index contributed by atoms with van der Waals surface area (Å²) in [5.74, 6) is 0.885. The smallest absolute Gasteiger partial charge is 0.251 e. The quantitative estimate of drug-likeness (QED) is 0.372. The van der Waals surface area contributed by atoms with Crippen LogP contribution in [0.15, 0.2) is 65.1 Å². The number of amides is 2. The number of anilines is 1. The lowest BCUT2D eigenvalue weighted by atomic mass is 10.1. The molecule has 4 aromatic rings. The van der Waals surface area contributed by atoms with Gasteiger partial charge in [0.25, 0.3) is 11.8 Å². The van der Waals surface area contributed by atoms with Crippen molar-refractivity contribution in [3.05, 3.63) is 77.7 Å². The molecule has 38 heavy (non-hydrogen) atoms. The van der Waals surface area contributed by atoms with Gasteiger partial charge in [-0.2, -0.15) is 4.80 Å². The summed E-state index contributed by atoms with van der Waals surface area (Å²) in [5.41, 5.74) is 1.74. The second-order valence-corrected chi connectivity index (χ2v) is 10.0. The first-order chi connectivity index (χ1) is 18.1. The van der Waals surface area contributed by atoms with Gasteiger partial charge in [0.2, 0.25) is 5.82 Å². The highest BCUT2D eigenvalue weighted by molar-refractivity contribution is 6.02. The number of hydrogen-bond acceptors (Lipinski definition) is 7. The zero-order valence-electron chi connectivity index (χ0n) is 22.4. The van der Waals surface area contributed by atoms with Gasteiger partial charge in [0.15, 0.2) is 6.04 Å². The van der Waals surface area contributed by atoms with E-state index in [0.29, 0.717) is 28.8 Å². The van der Waals surface area contributed by atoms with Crippen LogP contribution in [-0.2, 0) is 16.1 Å². The minimum atomic E-state index is -1.12. The molecule has 0 spiro atoms. The third kappa shape index (κ3) is 6.08. The van der Waals surface area contributed by atoms with Gasteiger partial charge < -0.3 is 14.5 Å². The number of nitrogens with one attached hydrogen (secondary N) is 1. The van der Waals surface area contributed by atoms with Crippen molar-refractivity contribution in [1.82, 2.24) is 25.5 Å². The highest BCUT2D eigenvalue weighted by Gasteiger charge is 2.38. The summed E-state index contributed by atoms with van der Waals surface area (Å²) in [6, 6.07) is 17.0. The van der Waals surface area contributed by atoms with Crippen molar-refractivity contribution < 1.29 is 18.7 Å². The number of rotatable bonds is 8. The van der Waals surface area contributed by atoms with Crippen molar-refractivity contribution in [2.75, 3.05) is 12.0 Å². The Labute approximate surface area is 221 Å². The number of carbonyl (C=O) groups is 2. The molecule has 0 aliphatic carbocycles. The molecule has 1 atom stereocenters. The SMILES string of the molecule is COc1ccccc1N(C(=O)Cn1nnc(-c2ccc(C)cc2)n1)C(C(=O)NC(C)(C)C)c1ccc(C)o1. The minimum Gasteiger partial charge on any atom is -0.495 e. The average Bonchev–Trinajstić information content (AvgIpc) is 3.50. The lowest BCUT2D eigenvalue weighted by Crippen LogP contribution is -2.50. The van der Waals surface area contributed by atoms with Crippen molar-refractivity contribution in [3.8, 4) is 17.1 Å². The number of furan rings is 1. The zero-order chi connectivity index (χ0) is 27.4. The molecule has 2 heterocycles. The molecule has 0 saturated carbocycles. The molecule has 10 nitrogen and oxygen atoms in total. The van der Waals surface area contributed by atoms with Gasteiger partial charge in [-0.05, 0) is 64.1 Å². The topological polar surface area (TPSA) is 115 Å². The van der Waals surface area contributed by atoms with E-state index in [2.05, 4.69) is 20.7 Å². The second-order valence-electron chi connectivity index (χ2n) is 10.0. The number of nitrogens with zero attached hydrogens (tertiary/aromatic N) is 5. The van der Waals surface area contributed by atoms with Crippen LogP contribution in [0.1, 0.15) is 43.9 Å². The molecular weight excluding hydrogens is 484 g/mol. The van der Waals surface area contributed by atoms with Crippen LogP contribution in [0.3, 0.4) is 0 Å². The number of benzene rings is 2. The van der Waals surface area contributed by atoms with Gasteiger partial charge in [0.1, 0.15) is 23.8 Å². The molecule has 198 valence electrons. The van der Waals surface area contributed by atoms with Crippen LogP contribution in [0.5, 0.6) is 5.75 Å². The minimum absolute atomic E-state index is 0.268. The van der Waals surface area contributed by atoms with Gasteiger partial charge in [-0.15, -0.1) is 10.2 Å². The molecule has 1 N–H and O–H groups in total. The van der Waals surface area contributed by atoms with Gasteiger partial charge in [0.05, 0.1) is 12.8 Å². The van der Waals surface area contributed by atoms with Crippen molar-refractivity contribution in [1.29, 1.82) is 0 Å². The molecule has 0 aliphatic heterocycles. The first-order valence-electron chi connectivity index (χ1n) is 12.2. The van der Waals surface area contributed by atoms with Gasteiger partial charge in [-0.25, -0.2) is 0 Å². The number of ether oxygens (including phenoxy) is 1. The summed E-state index contributed by atoms with van der Waals surface area (Å²) in [4.78, 5) is 30.3. The summed E-state index contributed by atoms with van der Waals surface area (Å²) >= 11 is 0. The lowest BCUT2D eigenvalue weighted by molar-refractivity contribution is -0.128. The number of para-hydroxylation sites is 2. The fourth-order valence-corrected chi connectivity index (χ4v) is 3.98. The predicted octanol–water partition coefficient (Wildman–Crippen LogP) is 4.25. The van der Waals surface area contributed by atoms with Crippen molar-refractivity contribution in [3.63, 3.8) is 0 Å². The summed E-state index contributed by atoms with van der Waals surface area (Å²) in [5, 5.41) is 15.6. The molecule has 0 saturated heterocycles. The number of hydrogen-bond donors (Lipinski definition) is 1. The Bertz CT molecular complexity index is 1420. The lowest BCUT2D eigenvalue weighted by Gasteiger charge is -2.33. The van der Waals surface area contributed by atoms with E-state index < -0.39 is 23.4 Å². The van der Waals surface area contributed by atoms with Crippen LogP contribution < -0.4 is 15.0 Å². The molecule has 4 rings (SSSR count). The maximum absolute atomic E-state index is 14.0. The van der Waals surface area contributed by atoms with Gasteiger partial charge in [-0.1, -0.05) is 42.0 Å². The fraction of sp³-hybridized carbons (Fsp3) is 0.321. The molecule has 10 heteroatoms. The standard InChI is InChI=1S/C28H32N6O4/c1-18-11-14-20(15-12-18)26-30-32-33(31-26)17-24(35)34(21-9-7-8-10-22(21)37-6)25(23-16-13-19(2)38-23)27(36)29-28(3,4)5/h7-16,25H,17H2,1-6H3,(H,29,36). The molecular formula is C28H32N6O4. The van der Waals surface area contributed by atoms with Gasteiger partial charge in [0, 0.05) is 11.1 Å². The third-order valence-electron chi connectivity index (χ3n) is 5.69. The Kier molecular flexibility index (Phi) is 7.61. The molecule has 0 fully saturated rings. The van der Waals surface area contributed by atoms with E-state index in [4.69, 9.17) is 9.15 Å². The predicted molar refractivity (Wildman–Crippen MR) is 143 cm³/mol. The highest BCUT2D eigenvalue weighted by atomic mass is 16.5. The molecule has 2 amide bonds. The number of tetrazole rings is 1. The fourth-order valence-electron chi connectivity index (χ4n) is 3.98. The molecule has 1 unspecified atom stereocenters. The van der Waals surface area contributed by atoms with Crippen LogP contribution in [0.25, 0.3) is 11.4 Å². The monoisotopic (exact) mass is 516 g/mol. The third-order valence-corrected chi connectivity index (χ3v) is 5.69. The molecule has 2 aromatic carbocycles. The zero-order valence-corrected chi connectivity index (χ0v) is 22.4. The van der Waals surface area contributed by atoms with E-state index in [1.165, 1.54) is 16.8 Å². The van der Waals surface area contributed by atoms with Crippen molar-refractivity contribution >= 4 is 17.5 Å². The average molecular weight is 517 g/mol. The maximum Gasteiger partial charge on any atom is 0.251 e. The van der Waals surface area contributed by atoms with Crippen LogP contribution in [0, 0.1) is 13.8 Å². The number of aryl methyl sites for hydroxylation is 2. The van der Waals surface area contributed by atoms with E-state index >= 15 is 0 Å². The number of methoxy groups -OCH3 is 1. The second kappa shape index (κ2) is 10.9. The van der Waals surface area contributed by atoms with Crippen LogP contribution >= 0.6 is 0 Å². The summed E-state index contributed by atoms with van der Waals surface area (Å²) in [7, 11) is 1.51. The van der Waals surface area contributed by atoms with Crippen LogP contribution in [-0.4, -0.2) is 44.7 Å². The molecule has 2 aromatic heterocycles. The van der Waals surface area contributed by atoms with E-state index in [-0.39, 0.29) is 6.54 Å². The Morgan fingerprint density at radius 1 is 1.05 bits per heavy atom. The van der Waals surface area contributed by atoms with Gasteiger partial charge in [-0.3, -0.25) is 14.5 Å².